The standard InChI is InChI=1S/C14H22N4O/c1-19-14-7-12(16-8-17-14)13(18-15)6-11-5-9-2-3-10(11)4-9/h7-11,13,18H,2-6,15H2,1H3. The molecular weight excluding hydrogens is 240 g/mol. The van der Waals surface area contributed by atoms with Gasteiger partial charge in [-0.15, -0.1) is 0 Å². The minimum atomic E-state index is 0.0984. The highest BCUT2D eigenvalue weighted by molar-refractivity contribution is 5.16. The third kappa shape index (κ3) is 2.58. The van der Waals surface area contributed by atoms with Crippen LogP contribution in [-0.4, -0.2) is 17.1 Å². The van der Waals surface area contributed by atoms with Crippen LogP contribution < -0.4 is 16.0 Å². The van der Waals surface area contributed by atoms with Crippen molar-refractivity contribution in [3.8, 4) is 5.88 Å². The van der Waals surface area contributed by atoms with E-state index in [1.54, 1.807) is 13.4 Å². The zero-order valence-electron chi connectivity index (χ0n) is 11.4. The van der Waals surface area contributed by atoms with E-state index >= 15 is 0 Å². The Kier molecular flexibility index (Phi) is 3.66. The van der Waals surface area contributed by atoms with E-state index in [0.29, 0.717) is 5.88 Å². The van der Waals surface area contributed by atoms with Crippen molar-refractivity contribution in [2.75, 3.05) is 7.11 Å². The molecule has 1 heterocycles. The molecule has 0 radical (unpaired) electrons. The van der Waals surface area contributed by atoms with E-state index in [1.165, 1.54) is 25.7 Å². The average Bonchev–Trinajstić information content (AvgIpc) is 3.07. The van der Waals surface area contributed by atoms with Gasteiger partial charge in [0, 0.05) is 6.07 Å². The van der Waals surface area contributed by atoms with Crippen LogP contribution in [0.25, 0.3) is 0 Å². The molecule has 0 spiro atoms. The number of methoxy groups -OCH3 is 1. The van der Waals surface area contributed by atoms with Gasteiger partial charge in [-0.05, 0) is 43.4 Å². The lowest BCUT2D eigenvalue weighted by Gasteiger charge is -2.26. The maximum Gasteiger partial charge on any atom is 0.216 e. The topological polar surface area (TPSA) is 73.1 Å². The number of nitrogens with one attached hydrogen (secondary N) is 1. The molecule has 2 saturated carbocycles. The van der Waals surface area contributed by atoms with E-state index < -0.39 is 0 Å². The molecule has 4 atom stereocenters. The van der Waals surface area contributed by atoms with E-state index in [4.69, 9.17) is 10.6 Å². The molecule has 2 fully saturated rings. The lowest BCUT2D eigenvalue weighted by Crippen LogP contribution is -2.31. The molecule has 0 saturated heterocycles. The summed E-state index contributed by atoms with van der Waals surface area (Å²) in [6.45, 7) is 0. The van der Waals surface area contributed by atoms with Crippen molar-refractivity contribution in [1.82, 2.24) is 15.4 Å². The van der Waals surface area contributed by atoms with Gasteiger partial charge < -0.3 is 4.74 Å². The normalized spacial score (nSPS) is 30.5. The second kappa shape index (κ2) is 5.43. The van der Waals surface area contributed by atoms with Gasteiger partial charge in [0.05, 0.1) is 18.8 Å². The summed E-state index contributed by atoms with van der Waals surface area (Å²) < 4.78 is 5.15. The Morgan fingerprint density at radius 1 is 1.42 bits per heavy atom. The Balaban J connectivity index is 1.69. The first-order valence-corrected chi connectivity index (χ1v) is 7.12. The monoisotopic (exact) mass is 262 g/mol. The summed E-state index contributed by atoms with van der Waals surface area (Å²) in [5.41, 5.74) is 3.84. The lowest BCUT2D eigenvalue weighted by molar-refractivity contribution is 0.277. The highest BCUT2D eigenvalue weighted by Gasteiger charge is 2.40. The lowest BCUT2D eigenvalue weighted by atomic mass is 9.83. The van der Waals surface area contributed by atoms with Gasteiger partial charge in [0.2, 0.25) is 5.88 Å². The van der Waals surface area contributed by atoms with Gasteiger partial charge in [0.15, 0.2) is 0 Å². The van der Waals surface area contributed by atoms with E-state index in [0.717, 1.165) is 29.9 Å². The number of nitrogens with zero attached hydrogens (tertiary/aromatic N) is 2. The third-order valence-electron chi connectivity index (χ3n) is 4.85. The number of hydrazine groups is 1. The second-order valence-corrected chi connectivity index (χ2v) is 5.88. The molecule has 2 aliphatic carbocycles. The summed E-state index contributed by atoms with van der Waals surface area (Å²) in [7, 11) is 1.62. The van der Waals surface area contributed by atoms with E-state index in [2.05, 4.69) is 15.4 Å². The van der Waals surface area contributed by atoms with Gasteiger partial charge in [-0.3, -0.25) is 11.3 Å². The van der Waals surface area contributed by atoms with Crippen LogP contribution in [0.15, 0.2) is 12.4 Å². The summed E-state index contributed by atoms with van der Waals surface area (Å²) in [6.07, 6.45) is 8.24. The number of hydrogen-bond donors (Lipinski definition) is 2. The fourth-order valence-electron chi connectivity index (χ4n) is 3.90. The van der Waals surface area contributed by atoms with Crippen LogP contribution >= 0.6 is 0 Å². The van der Waals surface area contributed by atoms with Crippen LogP contribution in [0.3, 0.4) is 0 Å². The number of aromatic nitrogens is 2. The molecule has 0 amide bonds. The quantitative estimate of drug-likeness (QED) is 0.625. The second-order valence-electron chi connectivity index (χ2n) is 5.88. The Morgan fingerprint density at radius 3 is 2.95 bits per heavy atom. The van der Waals surface area contributed by atoms with Gasteiger partial charge >= 0.3 is 0 Å². The minimum absolute atomic E-state index is 0.0984. The molecule has 0 aromatic carbocycles. The van der Waals surface area contributed by atoms with Crippen LogP contribution in [0.5, 0.6) is 5.88 Å². The molecule has 2 bridgehead atoms. The van der Waals surface area contributed by atoms with Crippen molar-refractivity contribution in [2.45, 2.75) is 38.1 Å². The Bertz CT molecular complexity index is 439. The van der Waals surface area contributed by atoms with Crippen LogP contribution in [0, 0.1) is 17.8 Å². The number of hydrogen-bond acceptors (Lipinski definition) is 5. The van der Waals surface area contributed by atoms with Crippen molar-refractivity contribution in [1.29, 1.82) is 0 Å². The number of nitrogens with two attached hydrogens (primary N) is 1. The minimum Gasteiger partial charge on any atom is -0.481 e. The Hall–Kier alpha value is -1.20. The molecule has 0 aliphatic heterocycles. The highest BCUT2D eigenvalue weighted by atomic mass is 16.5. The SMILES string of the molecule is COc1cc(C(CC2CC3CCC2C3)NN)ncn1. The van der Waals surface area contributed by atoms with Crippen LogP contribution in [-0.2, 0) is 0 Å². The molecular formula is C14H22N4O. The van der Waals surface area contributed by atoms with E-state index in [1.807, 2.05) is 6.07 Å². The molecule has 19 heavy (non-hydrogen) atoms. The number of rotatable bonds is 5. The molecule has 3 N–H and O–H groups in total. The molecule has 2 aliphatic rings. The van der Waals surface area contributed by atoms with Gasteiger partial charge in [0.1, 0.15) is 6.33 Å². The first-order chi connectivity index (χ1) is 9.30. The van der Waals surface area contributed by atoms with E-state index in [-0.39, 0.29) is 6.04 Å². The zero-order valence-corrected chi connectivity index (χ0v) is 11.4. The van der Waals surface area contributed by atoms with Crippen LogP contribution in [0.2, 0.25) is 0 Å². The maximum atomic E-state index is 5.72. The van der Waals surface area contributed by atoms with Gasteiger partial charge in [-0.1, -0.05) is 6.42 Å². The summed E-state index contributed by atoms with van der Waals surface area (Å²) in [5.74, 6) is 8.98. The molecule has 104 valence electrons. The van der Waals surface area contributed by atoms with Crippen LogP contribution in [0.4, 0.5) is 0 Å². The first kappa shape index (κ1) is 12.8. The fourth-order valence-corrected chi connectivity index (χ4v) is 3.90. The molecule has 5 heteroatoms. The molecule has 5 nitrogen and oxygen atoms in total. The number of ether oxygens (including phenoxy) is 1. The molecule has 4 unspecified atom stereocenters. The largest absolute Gasteiger partial charge is 0.481 e. The first-order valence-electron chi connectivity index (χ1n) is 7.12. The van der Waals surface area contributed by atoms with Crippen LogP contribution in [0.1, 0.15) is 43.8 Å². The predicted molar refractivity (Wildman–Crippen MR) is 72.2 cm³/mol. The van der Waals surface area contributed by atoms with Crippen molar-refractivity contribution < 1.29 is 4.74 Å². The fraction of sp³-hybridized carbons (Fsp3) is 0.714. The smallest absolute Gasteiger partial charge is 0.216 e. The Labute approximate surface area is 113 Å². The van der Waals surface area contributed by atoms with Crippen molar-refractivity contribution in [2.24, 2.45) is 23.6 Å². The van der Waals surface area contributed by atoms with Gasteiger partial charge in [-0.2, -0.15) is 0 Å². The van der Waals surface area contributed by atoms with Crippen molar-refractivity contribution in [3.63, 3.8) is 0 Å². The number of fused-ring (bicyclic) bond motifs is 2. The van der Waals surface area contributed by atoms with Gasteiger partial charge in [0.25, 0.3) is 0 Å². The van der Waals surface area contributed by atoms with Crippen molar-refractivity contribution >= 4 is 0 Å². The Morgan fingerprint density at radius 2 is 2.32 bits per heavy atom. The summed E-state index contributed by atoms with van der Waals surface area (Å²) >= 11 is 0. The average molecular weight is 262 g/mol. The summed E-state index contributed by atoms with van der Waals surface area (Å²) in [4.78, 5) is 8.37. The maximum absolute atomic E-state index is 5.72. The summed E-state index contributed by atoms with van der Waals surface area (Å²) in [5, 5.41) is 0. The molecule has 3 rings (SSSR count). The van der Waals surface area contributed by atoms with E-state index in [9.17, 15) is 0 Å². The zero-order chi connectivity index (χ0) is 13.2. The highest BCUT2D eigenvalue weighted by Crippen LogP contribution is 2.50. The third-order valence-corrected chi connectivity index (χ3v) is 4.85. The van der Waals surface area contributed by atoms with Gasteiger partial charge in [-0.25, -0.2) is 9.97 Å². The van der Waals surface area contributed by atoms with Crippen molar-refractivity contribution in [3.05, 3.63) is 18.1 Å². The molecule has 1 aromatic heterocycles. The molecule has 1 aromatic rings. The predicted octanol–water partition coefficient (Wildman–Crippen LogP) is 1.82. The summed E-state index contributed by atoms with van der Waals surface area (Å²) in [6, 6.07) is 1.97.